The Morgan fingerprint density at radius 3 is 1.67 bits per heavy atom. The summed E-state index contributed by atoms with van der Waals surface area (Å²) < 4.78 is 0. The molecule has 0 aromatic heterocycles. The molecule has 0 fully saturated rings. The standard InChI is InChI=1S/C7H7.CH3.Pt/c1-7-5-3-2-4-6-7;;/h2-6H,1H2;1H3;/q2*-1;+2. The fourth-order valence-electron chi connectivity index (χ4n) is 0.478. The van der Waals surface area contributed by atoms with Crippen LogP contribution in [0.15, 0.2) is 30.3 Å². The Morgan fingerprint density at radius 2 is 1.44 bits per heavy atom. The third kappa shape index (κ3) is 4.29. The summed E-state index contributed by atoms with van der Waals surface area (Å²) in [6.07, 6.45) is 0. The molecule has 0 radical (unpaired) electrons. The quantitative estimate of drug-likeness (QED) is 0.645. The van der Waals surface area contributed by atoms with Crippen molar-refractivity contribution < 1.29 is 21.1 Å². The summed E-state index contributed by atoms with van der Waals surface area (Å²) in [6, 6.07) is 9.87. The van der Waals surface area contributed by atoms with Crippen LogP contribution in [0.2, 0.25) is 0 Å². The molecule has 1 aromatic rings. The molecular weight excluding hydrogens is 291 g/mol. The van der Waals surface area contributed by atoms with Gasteiger partial charge in [-0.15, -0.1) is 12.1 Å². The van der Waals surface area contributed by atoms with Crippen molar-refractivity contribution in [3.8, 4) is 0 Å². The van der Waals surface area contributed by atoms with E-state index in [0.29, 0.717) is 0 Å². The zero-order valence-corrected chi connectivity index (χ0v) is 7.68. The minimum atomic E-state index is 0. The molecule has 0 N–H and O–H groups in total. The first-order valence-corrected chi connectivity index (χ1v) is 2.26. The molecule has 52 valence electrons. The summed E-state index contributed by atoms with van der Waals surface area (Å²) in [4.78, 5) is 0. The second-order valence-corrected chi connectivity index (χ2v) is 1.49. The fraction of sp³-hybridized carbons (Fsp3) is 0. The summed E-state index contributed by atoms with van der Waals surface area (Å²) >= 11 is 0. The van der Waals surface area contributed by atoms with Gasteiger partial charge < -0.3 is 7.43 Å². The van der Waals surface area contributed by atoms with Crippen molar-refractivity contribution in [1.82, 2.24) is 0 Å². The van der Waals surface area contributed by atoms with Crippen LogP contribution in [0.4, 0.5) is 0 Å². The van der Waals surface area contributed by atoms with Crippen molar-refractivity contribution in [1.29, 1.82) is 0 Å². The van der Waals surface area contributed by atoms with Gasteiger partial charge in [0.25, 0.3) is 0 Å². The molecule has 0 aliphatic carbocycles. The van der Waals surface area contributed by atoms with Gasteiger partial charge in [0.15, 0.2) is 0 Å². The third-order valence-electron chi connectivity index (χ3n) is 0.843. The Labute approximate surface area is 71.6 Å². The molecule has 9 heavy (non-hydrogen) atoms. The van der Waals surface area contributed by atoms with E-state index in [1.165, 1.54) is 0 Å². The van der Waals surface area contributed by atoms with Gasteiger partial charge in [-0.05, 0) is 0 Å². The monoisotopic (exact) mass is 301 g/mol. The van der Waals surface area contributed by atoms with E-state index in [-0.39, 0.29) is 28.5 Å². The van der Waals surface area contributed by atoms with Gasteiger partial charge >= 0.3 is 21.1 Å². The molecule has 0 saturated heterocycles. The van der Waals surface area contributed by atoms with Crippen molar-refractivity contribution in [3.05, 3.63) is 50.2 Å². The first kappa shape index (κ1) is 11.6. The van der Waals surface area contributed by atoms with Crippen LogP contribution in [-0.4, -0.2) is 0 Å². The second-order valence-electron chi connectivity index (χ2n) is 1.49. The number of rotatable bonds is 0. The molecular formula is C8H10Pt. The van der Waals surface area contributed by atoms with Crippen LogP contribution in [0.5, 0.6) is 0 Å². The molecule has 0 aliphatic rings. The maximum Gasteiger partial charge on any atom is 2.00 e. The minimum Gasteiger partial charge on any atom is -0.358 e. The smallest absolute Gasteiger partial charge is 0.358 e. The van der Waals surface area contributed by atoms with E-state index >= 15 is 0 Å². The fourth-order valence-corrected chi connectivity index (χ4v) is 0.478. The second kappa shape index (κ2) is 5.91. The predicted octanol–water partition coefficient (Wildman–Crippen LogP) is 2.32. The van der Waals surface area contributed by atoms with Crippen LogP contribution in [0.3, 0.4) is 0 Å². The van der Waals surface area contributed by atoms with E-state index in [1.54, 1.807) is 0 Å². The molecule has 0 unspecified atom stereocenters. The molecule has 0 atom stereocenters. The topological polar surface area (TPSA) is 0 Å². The maximum absolute atomic E-state index is 3.72. The normalized spacial score (nSPS) is 6.67. The van der Waals surface area contributed by atoms with E-state index in [0.717, 1.165) is 5.56 Å². The number of hydrogen-bond donors (Lipinski definition) is 0. The molecule has 0 spiro atoms. The zero-order chi connectivity index (χ0) is 5.11. The molecule has 0 saturated carbocycles. The van der Waals surface area contributed by atoms with Crippen molar-refractivity contribution in [2.24, 2.45) is 0 Å². The van der Waals surface area contributed by atoms with E-state index in [4.69, 9.17) is 0 Å². The number of hydrogen-bond acceptors (Lipinski definition) is 0. The van der Waals surface area contributed by atoms with Crippen LogP contribution >= 0.6 is 0 Å². The van der Waals surface area contributed by atoms with Crippen LogP contribution in [0.1, 0.15) is 5.56 Å². The van der Waals surface area contributed by atoms with Gasteiger partial charge in [0.1, 0.15) is 0 Å². The van der Waals surface area contributed by atoms with Gasteiger partial charge in [0, 0.05) is 0 Å². The molecule has 0 aliphatic heterocycles. The van der Waals surface area contributed by atoms with Crippen molar-refractivity contribution in [2.75, 3.05) is 0 Å². The summed E-state index contributed by atoms with van der Waals surface area (Å²) in [5.41, 5.74) is 1.07. The molecule has 0 heterocycles. The molecule has 0 nitrogen and oxygen atoms in total. The molecule has 0 amide bonds. The maximum atomic E-state index is 3.72. The van der Waals surface area contributed by atoms with Gasteiger partial charge in [-0.1, -0.05) is 6.07 Å². The predicted molar refractivity (Wildman–Crippen MR) is 37.3 cm³/mol. The van der Waals surface area contributed by atoms with Gasteiger partial charge in [-0.3, -0.25) is 0 Å². The summed E-state index contributed by atoms with van der Waals surface area (Å²) in [7, 11) is 0. The first-order chi connectivity index (χ1) is 3.39. The molecule has 0 bridgehead atoms. The van der Waals surface area contributed by atoms with Gasteiger partial charge in [-0.25, -0.2) is 0 Å². The molecule has 1 aromatic carbocycles. The van der Waals surface area contributed by atoms with Crippen LogP contribution in [0, 0.1) is 14.4 Å². The molecule has 1 heteroatoms. The van der Waals surface area contributed by atoms with Gasteiger partial charge in [-0.2, -0.15) is 24.6 Å². The van der Waals surface area contributed by atoms with Gasteiger partial charge in [0.05, 0.1) is 0 Å². The Bertz CT molecular complexity index is 134. The molecule has 1 rings (SSSR count). The Balaban J connectivity index is 0. The van der Waals surface area contributed by atoms with Crippen LogP contribution in [0.25, 0.3) is 0 Å². The largest absolute Gasteiger partial charge is 2.00 e. The van der Waals surface area contributed by atoms with Crippen molar-refractivity contribution in [3.63, 3.8) is 0 Å². The summed E-state index contributed by atoms with van der Waals surface area (Å²) in [6.45, 7) is 3.72. The zero-order valence-electron chi connectivity index (χ0n) is 5.41. The van der Waals surface area contributed by atoms with Crippen LogP contribution in [-0.2, 0) is 21.1 Å². The Kier molecular flexibility index (Phi) is 7.59. The SMILES string of the molecule is [CH2-]c1ccccc1.[CH3-].[Pt+2]. The van der Waals surface area contributed by atoms with E-state index in [1.807, 2.05) is 30.3 Å². The van der Waals surface area contributed by atoms with E-state index < -0.39 is 0 Å². The third-order valence-corrected chi connectivity index (χ3v) is 0.843. The summed E-state index contributed by atoms with van der Waals surface area (Å²) in [5, 5.41) is 0. The van der Waals surface area contributed by atoms with E-state index in [9.17, 15) is 0 Å². The Hall–Kier alpha value is -0.222. The van der Waals surface area contributed by atoms with E-state index in [2.05, 4.69) is 6.92 Å². The van der Waals surface area contributed by atoms with Crippen LogP contribution < -0.4 is 0 Å². The van der Waals surface area contributed by atoms with Crippen molar-refractivity contribution in [2.45, 2.75) is 0 Å². The van der Waals surface area contributed by atoms with Crippen molar-refractivity contribution >= 4 is 0 Å². The minimum absolute atomic E-state index is 0. The Morgan fingerprint density at radius 1 is 1.00 bits per heavy atom. The first-order valence-electron chi connectivity index (χ1n) is 2.26. The van der Waals surface area contributed by atoms with Gasteiger partial charge in [0.2, 0.25) is 0 Å². The number of benzene rings is 1. The average Bonchev–Trinajstić information content (AvgIpc) is 1.69. The summed E-state index contributed by atoms with van der Waals surface area (Å²) in [5.74, 6) is 0. The average molecular weight is 301 g/mol.